The number of nitrogens with two attached hydrogens (primary N) is 1. The van der Waals surface area contributed by atoms with Gasteiger partial charge in [0.2, 0.25) is 0 Å². The Morgan fingerprint density at radius 1 is 1.10 bits per heavy atom. The highest BCUT2D eigenvalue weighted by Gasteiger charge is 2.21. The maximum atomic E-state index is 6.22. The zero-order chi connectivity index (χ0) is 14.1. The Kier molecular flexibility index (Phi) is 3.49. The molecule has 0 radical (unpaired) electrons. The highest BCUT2D eigenvalue weighted by molar-refractivity contribution is 5.57. The second-order valence-corrected chi connectivity index (χ2v) is 5.87. The number of hydrogen-bond acceptors (Lipinski definition) is 2. The topological polar surface area (TPSA) is 29.3 Å². The fraction of sp³-hybridized carbons (Fsp3) is 0.333. The van der Waals surface area contributed by atoms with Crippen LogP contribution in [0.2, 0.25) is 0 Å². The fourth-order valence-corrected chi connectivity index (χ4v) is 3.20. The highest BCUT2D eigenvalue weighted by Crippen LogP contribution is 2.33. The molecule has 1 aliphatic heterocycles. The molecule has 3 rings (SSSR count). The largest absolute Gasteiger partial charge is 0.367 e. The zero-order valence-corrected chi connectivity index (χ0v) is 12.3. The first-order valence-electron chi connectivity index (χ1n) is 7.30. The number of fused-ring (bicyclic) bond motifs is 1. The molecule has 1 unspecified atom stereocenters. The van der Waals surface area contributed by atoms with Crippen molar-refractivity contribution in [3.63, 3.8) is 0 Å². The minimum absolute atomic E-state index is 0.182. The first kappa shape index (κ1) is 13.2. The first-order valence-corrected chi connectivity index (χ1v) is 7.30. The molecule has 0 bridgehead atoms. The van der Waals surface area contributed by atoms with Crippen LogP contribution in [0.5, 0.6) is 0 Å². The highest BCUT2D eigenvalue weighted by atomic mass is 15.1. The average molecular weight is 266 g/mol. The molecule has 2 aromatic rings. The molecule has 2 heteroatoms. The normalized spacial score (nSPS) is 17.9. The molecular formula is C18H22N2. The summed E-state index contributed by atoms with van der Waals surface area (Å²) in [4.78, 5) is 2.45. The summed E-state index contributed by atoms with van der Waals surface area (Å²) >= 11 is 0. The molecule has 0 aromatic heterocycles. The van der Waals surface area contributed by atoms with Crippen molar-refractivity contribution < 1.29 is 0 Å². The van der Waals surface area contributed by atoms with Crippen LogP contribution in [0, 0.1) is 13.8 Å². The molecule has 1 atom stereocenters. The molecule has 20 heavy (non-hydrogen) atoms. The molecule has 0 spiro atoms. The average Bonchev–Trinajstić information content (AvgIpc) is 2.41. The van der Waals surface area contributed by atoms with Crippen LogP contribution < -0.4 is 10.6 Å². The van der Waals surface area contributed by atoms with Crippen molar-refractivity contribution in [3.05, 3.63) is 64.7 Å². The van der Waals surface area contributed by atoms with Crippen LogP contribution in [0.1, 0.15) is 34.7 Å². The van der Waals surface area contributed by atoms with Gasteiger partial charge in [-0.3, -0.25) is 0 Å². The zero-order valence-electron chi connectivity index (χ0n) is 12.3. The van der Waals surface area contributed by atoms with Gasteiger partial charge >= 0.3 is 0 Å². The smallest absolute Gasteiger partial charge is 0.0429 e. The van der Waals surface area contributed by atoms with Gasteiger partial charge < -0.3 is 10.6 Å². The van der Waals surface area contributed by atoms with Crippen LogP contribution in [-0.2, 0) is 6.54 Å². The minimum Gasteiger partial charge on any atom is -0.367 e. The van der Waals surface area contributed by atoms with Crippen molar-refractivity contribution in [3.8, 4) is 0 Å². The van der Waals surface area contributed by atoms with Gasteiger partial charge in [0.25, 0.3) is 0 Å². The second-order valence-electron chi connectivity index (χ2n) is 5.87. The van der Waals surface area contributed by atoms with E-state index in [1.807, 2.05) is 0 Å². The number of rotatable bonds is 2. The van der Waals surface area contributed by atoms with Crippen LogP contribution >= 0.6 is 0 Å². The molecule has 0 aliphatic carbocycles. The van der Waals surface area contributed by atoms with E-state index in [1.165, 1.54) is 27.9 Å². The minimum atomic E-state index is 0.182. The quantitative estimate of drug-likeness (QED) is 0.897. The number of hydrogen-bond donors (Lipinski definition) is 1. The van der Waals surface area contributed by atoms with Crippen molar-refractivity contribution in [2.45, 2.75) is 32.9 Å². The summed E-state index contributed by atoms with van der Waals surface area (Å²) in [6, 6.07) is 15.5. The summed E-state index contributed by atoms with van der Waals surface area (Å²) in [6.07, 6.45) is 1.03. The Morgan fingerprint density at radius 3 is 2.55 bits per heavy atom. The van der Waals surface area contributed by atoms with Crippen molar-refractivity contribution in [1.29, 1.82) is 0 Å². The van der Waals surface area contributed by atoms with Gasteiger partial charge in [0, 0.05) is 24.8 Å². The lowest BCUT2D eigenvalue weighted by atomic mass is 9.96. The van der Waals surface area contributed by atoms with Gasteiger partial charge in [0.1, 0.15) is 0 Å². The molecule has 0 saturated carbocycles. The van der Waals surface area contributed by atoms with E-state index in [9.17, 15) is 0 Å². The number of benzene rings is 2. The van der Waals surface area contributed by atoms with Gasteiger partial charge in [-0.1, -0.05) is 47.5 Å². The van der Waals surface area contributed by atoms with Crippen molar-refractivity contribution >= 4 is 5.69 Å². The molecule has 0 saturated heterocycles. The summed E-state index contributed by atoms with van der Waals surface area (Å²) in [5.74, 6) is 0. The van der Waals surface area contributed by atoms with E-state index in [2.05, 4.69) is 61.2 Å². The molecule has 0 fully saturated rings. The van der Waals surface area contributed by atoms with Gasteiger partial charge in [-0.2, -0.15) is 0 Å². The Labute approximate surface area is 121 Å². The Bertz CT molecular complexity index is 598. The predicted molar refractivity (Wildman–Crippen MR) is 85.0 cm³/mol. The molecule has 1 heterocycles. The molecule has 2 aromatic carbocycles. The van der Waals surface area contributed by atoms with Crippen LogP contribution in [0.25, 0.3) is 0 Å². The lowest BCUT2D eigenvalue weighted by Gasteiger charge is -2.34. The molecule has 104 valence electrons. The molecule has 0 amide bonds. The van der Waals surface area contributed by atoms with Crippen LogP contribution in [0.3, 0.4) is 0 Å². The standard InChI is InChI=1S/C18H22N2/c1-13-9-14(2)11-15(10-13)12-20-8-7-17(19)16-5-3-4-6-18(16)20/h3-6,9-11,17H,7-8,12,19H2,1-2H3. The van der Waals surface area contributed by atoms with Crippen LogP contribution in [-0.4, -0.2) is 6.54 Å². The molecule has 2 N–H and O–H groups in total. The van der Waals surface area contributed by atoms with E-state index < -0.39 is 0 Å². The van der Waals surface area contributed by atoms with Gasteiger partial charge in [0.05, 0.1) is 0 Å². The maximum Gasteiger partial charge on any atom is 0.0429 e. The van der Waals surface area contributed by atoms with Gasteiger partial charge in [0.15, 0.2) is 0 Å². The van der Waals surface area contributed by atoms with E-state index in [0.717, 1.165) is 19.5 Å². The van der Waals surface area contributed by atoms with E-state index in [-0.39, 0.29) is 6.04 Å². The van der Waals surface area contributed by atoms with E-state index >= 15 is 0 Å². The van der Waals surface area contributed by atoms with Crippen molar-refractivity contribution in [1.82, 2.24) is 0 Å². The summed E-state index contributed by atoms with van der Waals surface area (Å²) < 4.78 is 0. The second kappa shape index (κ2) is 5.29. The number of nitrogens with zero attached hydrogens (tertiary/aromatic N) is 1. The molecule has 2 nitrogen and oxygen atoms in total. The number of para-hydroxylation sites is 1. The van der Waals surface area contributed by atoms with Crippen molar-refractivity contribution in [2.75, 3.05) is 11.4 Å². The van der Waals surface area contributed by atoms with E-state index in [0.29, 0.717) is 0 Å². The summed E-state index contributed by atoms with van der Waals surface area (Å²) in [5.41, 5.74) is 12.9. The summed E-state index contributed by atoms with van der Waals surface area (Å²) in [6.45, 7) is 6.32. The Balaban J connectivity index is 1.90. The van der Waals surface area contributed by atoms with Gasteiger partial charge in [-0.25, -0.2) is 0 Å². The van der Waals surface area contributed by atoms with E-state index in [4.69, 9.17) is 5.73 Å². The van der Waals surface area contributed by atoms with Crippen LogP contribution in [0.4, 0.5) is 5.69 Å². The summed E-state index contributed by atoms with van der Waals surface area (Å²) in [5, 5.41) is 0. The lowest BCUT2D eigenvalue weighted by molar-refractivity contribution is 0.590. The molecular weight excluding hydrogens is 244 g/mol. The third-order valence-corrected chi connectivity index (χ3v) is 4.04. The maximum absolute atomic E-state index is 6.22. The Hall–Kier alpha value is -1.80. The number of anilines is 1. The Morgan fingerprint density at radius 2 is 1.80 bits per heavy atom. The lowest BCUT2D eigenvalue weighted by Crippen LogP contribution is -2.33. The molecule has 1 aliphatic rings. The number of aryl methyl sites for hydroxylation is 2. The van der Waals surface area contributed by atoms with Crippen molar-refractivity contribution in [2.24, 2.45) is 5.73 Å². The third-order valence-electron chi connectivity index (χ3n) is 4.04. The third kappa shape index (κ3) is 2.56. The predicted octanol–water partition coefficient (Wildman–Crippen LogP) is 3.71. The summed E-state index contributed by atoms with van der Waals surface area (Å²) in [7, 11) is 0. The fourth-order valence-electron chi connectivity index (χ4n) is 3.20. The van der Waals surface area contributed by atoms with E-state index in [1.54, 1.807) is 0 Å². The van der Waals surface area contributed by atoms with Gasteiger partial charge in [-0.05, 0) is 37.5 Å². The first-order chi connectivity index (χ1) is 9.63. The van der Waals surface area contributed by atoms with Gasteiger partial charge in [-0.15, -0.1) is 0 Å². The SMILES string of the molecule is Cc1cc(C)cc(CN2CCC(N)c3ccccc32)c1. The monoisotopic (exact) mass is 266 g/mol. The van der Waals surface area contributed by atoms with Crippen LogP contribution in [0.15, 0.2) is 42.5 Å².